The summed E-state index contributed by atoms with van der Waals surface area (Å²) in [5.74, 6) is -1.01. The molecule has 7 heteroatoms. The summed E-state index contributed by atoms with van der Waals surface area (Å²) in [6.45, 7) is 5.42. The normalized spacial score (nSPS) is 10.9. The van der Waals surface area contributed by atoms with E-state index in [1.54, 1.807) is 11.7 Å². The van der Waals surface area contributed by atoms with Crippen LogP contribution in [0.1, 0.15) is 23.0 Å². The second-order valence-corrected chi connectivity index (χ2v) is 4.38. The van der Waals surface area contributed by atoms with Crippen molar-refractivity contribution in [2.75, 3.05) is 25.1 Å². The Hall–Kier alpha value is -2.15. The van der Waals surface area contributed by atoms with E-state index in [0.29, 0.717) is 31.1 Å². The average molecular weight is 278 g/mol. The smallest absolute Gasteiger partial charge is 0.339 e. The first-order valence-corrected chi connectivity index (χ1v) is 6.43. The molecule has 2 aromatic heterocycles. The summed E-state index contributed by atoms with van der Waals surface area (Å²) in [4.78, 5) is 15.5. The van der Waals surface area contributed by atoms with Gasteiger partial charge in [-0.1, -0.05) is 0 Å². The molecule has 7 nitrogen and oxygen atoms in total. The molecule has 0 amide bonds. The van der Waals surface area contributed by atoms with Crippen molar-refractivity contribution in [3.63, 3.8) is 0 Å². The molecule has 0 saturated heterocycles. The molecule has 2 N–H and O–H groups in total. The summed E-state index contributed by atoms with van der Waals surface area (Å²) < 4.78 is 6.90. The number of carboxylic acid groups (broad SMARTS) is 1. The predicted molar refractivity (Wildman–Crippen MR) is 75.2 cm³/mol. The van der Waals surface area contributed by atoms with Crippen LogP contribution in [0.25, 0.3) is 11.0 Å². The Morgan fingerprint density at radius 3 is 2.95 bits per heavy atom. The zero-order valence-electron chi connectivity index (χ0n) is 11.8. The van der Waals surface area contributed by atoms with Gasteiger partial charge < -0.3 is 15.2 Å². The fourth-order valence-electron chi connectivity index (χ4n) is 2.15. The van der Waals surface area contributed by atoms with Gasteiger partial charge in [-0.15, -0.1) is 0 Å². The van der Waals surface area contributed by atoms with Gasteiger partial charge in [-0.2, -0.15) is 5.10 Å². The quantitative estimate of drug-likeness (QED) is 0.777. The lowest BCUT2D eigenvalue weighted by Gasteiger charge is -2.11. The number of anilines is 1. The van der Waals surface area contributed by atoms with Gasteiger partial charge in [-0.25, -0.2) is 9.78 Å². The zero-order valence-corrected chi connectivity index (χ0v) is 11.8. The van der Waals surface area contributed by atoms with Gasteiger partial charge in [0.05, 0.1) is 23.4 Å². The Labute approximate surface area is 116 Å². The maximum Gasteiger partial charge on any atom is 0.339 e. The highest BCUT2D eigenvalue weighted by molar-refractivity contribution is 6.04. The van der Waals surface area contributed by atoms with Gasteiger partial charge >= 0.3 is 5.97 Å². The summed E-state index contributed by atoms with van der Waals surface area (Å²) in [5.41, 5.74) is 2.10. The van der Waals surface area contributed by atoms with Crippen LogP contribution in [-0.4, -0.2) is 45.6 Å². The van der Waals surface area contributed by atoms with Gasteiger partial charge in [0.2, 0.25) is 0 Å². The number of aromatic nitrogens is 3. The largest absolute Gasteiger partial charge is 0.478 e. The van der Waals surface area contributed by atoms with Crippen molar-refractivity contribution < 1.29 is 14.6 Å². The fraction of sp³-hybridized carbons (Fsp3) is 0.462. The van der Waals surface area contributed by atoms with Crippen LogP contribution in [0.4, 0.5) is 5.69 Å². The molecule has 108 valence electrons. The number of carbonyl (C=O) groups is 1. The molecule has 0 aliphatic carbocycles. The minimum atomic E-state index is -1.01. The Morgan fingerprint density at radius 2 is 2.30 bits per heavy atom. The van der Waals surface area contributed by atoms with Crippen molar-refractivity contribution in [1.82, 2.24) is 14.8 Å². The highest BCUT2D eigenvalue weighted by atomic mass is 16.5. The molecule has 0 bridgehead atoms. The highest BCUT2D eigenvalue weighted by Gasteiger charge is 2.18. The van der Waals surface area contributed by atoms with Gasteiger partial charge in [0, 0.05) is 26.4 Å². The van der Waals surface area contributed by atoms with Crippen LogP contribution >= 0.6 is 0 Å². The number of ether oxygens (including phenoxy) is 1. The summed E-state index contributed by atoms with van der Waals surface area (Å²) in [6, 6.07) is 0. The molecular formula is C13H18N4O3. The van der Waals surface area contributed by atoms with Gasteiger partial charge in [-0.3, -0.25) is 4.68 Å². The van der Waals surface area contributed by atoms with Crippen molar-refractivity contribution in [3.05, 3.63) is 17.5 Å². The standard InChI is InChI=1S/C13H18N4O3/c1-4-20-6-5-14-11-9(13(18)19)7-15-12-10(11)8(2)16-17(12)3/h7H,4-6H2,1-3H3,(H,14,15)(H,18,19). The van der Waals surface area contributed by atoms with E-state index in [0.717, 1.165) is 11.1 Å². The number of nitrogens with one attached hydrogen (secondary N) is 1. The number of hydrogen-bond donors (Lipinski definition) is 2. The number of aryl methyl sites for hydroxylation is 2. The number of carboxylic acids is 1. The van der Waals surface area contributed by atoms with Crippen LogP contribution in [-0.2, 0) is 11.8 Å². The molecular weight excluding hydrogens is 260 g/mol. The molecule has 0 unspecified atom stereocenters. The average Bonchev–Trinajstić information content (AvgIpc) is 2.70. The minimum absolute atomic E-state index is 0.144. The molecule has 0 atom stereocenters. The van der Waals surface area contributed by atoms with Gasteiger partial charge in [0.15, 0.2) is 5.65 Å². The molecule has 0 saturated carbocycles. The van der Waals surface area contributed by atoms with Gasteiger partial charge in [0.1, 0.15) is 5.56 Å². The third kappa shape index (κ3) is 2.57. The van der Waals surface area contributed by atoms with Crippen molar-refractivity contribution >= 4 is 22.7 Å². The Kier molecular flexibility index (Phi) is 4.19. The number of rotatable bonds is 6. The van der Waals surface area contributed by atoms with E-state index >= 15 is 0 Å². The Balaban J connectivity index is 2.45. The second kappa shape index (κ2) is 5.87. The molecule has 0 aliphatic rings. The Morgan fingerprint density at radius 1 is 1.55 bits per heavy atom. The molecule has 20 heavy (non-hydrogen) atoms. The lowest BCUT2D eigenvalue weighted by molar-refractivity contribution is 0.0697. The van der Waals surface area contributed by atoms with E-state index in [2.05, 4.69) is 15.4 Å². The van der Waals surface area contributed by atoms with Crippen molar-refractivity contribution in [1.29, 1.82) is 0 Å². The van der Waals surface area contributed by atoms with Gasteiger partial charge in [0.25, 0.3) is 0 Å². The molecule has 0 fully saturated rings. The monoisotopic (exact) mass is 278 g/mol. The zero-order chi connectivity index (χ0) is 14.7. The first kappa shape index (κ1) is 14.3. The maximum atomic E-state index is 11.3. The van der Waals surface area contributed by atoms with E-state index in [4.69, 9.17) is 4.74 Å². The first-order chi connectivity index (χ1) is 9.56. The summed E-state index contributed by atoms with van der Waals surface area (Å²) in [5, 5.41) is 17.4. The molecule has 0 radical (unpaired) electrons. The molecule has 2 rings (SSSR count). The van der Waals surface area contributed by atoms with Crippen molar-refractivity contribution in [2.45, 2.75) is 13.8 Å². The molecule has 0 spiro atoms. The molecule has 2 heterocycles. The number of pyridine rings is 1. The number of nitrogens with zero attached hydrogens (tertiary/aromatic N) is 3. The van der Waals surface area contributed by atoms with E-state index in [1.165, 1.54) is 6.20 Å². The number of hydrogen-bond acceptors (Lipinski definition) is 5. The number of aromatic carboxylic acids is 1. The van der Waals surface area contributed by atoms with Crippen LogP contribution < -0.4 is 5.32 Å². The second-order valence-electron chi connectivity index (χ2n) is 4.38. The highest BCUT2D eigenvalue weighted by Crippen LogP contribution is 2.28. The minimum Gasteiger partial charge on any atom is -0.478 e. The van der Waals surface area contributed by atoms with Crippen molar-refractivity contribution in [2.24, 2.45) is 7.05 Å². The SMILES string of the molecule is CCOCCNc1c(C(=O)O)cnc2c1c(C)nn2C. The first-order valence-electron chi connectivity index (χ1n) is 6.43. The maximum absolute atomic E-state index is 11.3. The molecule has 2 aromatic rings. The lowest BCUT2D eigenvalue weighted by atomic mass is 10.1. The van der Waals surface area contributed by atoms with Crippen LogP contribution in [0.15, 0.2) is 6.20 Å². The van der Waals surface area contributed by atoms with Crippen LogP contribution in [0.3, 0.4) is 0 Å². The van der Waals surface area contributed by atoms with E-state index in [9.17, 15) is 9.90 Å². The Bertz CT molecular complexity index is 636. The summed E-state index contributed by atoms with van der Waals surface area (Å²) in [6.07, 6.45) is 1.36. The summed E-state index contributed by atoms with van der Waals surface area (Å²) >= 11 is 0. The molecule has 0 aromatic carbocycles. The van der Waals surface area contributed by atoms with Crippen LogP contribution in [0, 0.1) is 6.92 Å². The van der Waals surface area contributed by atoms with E-state index < -0.39 is 5.97 Å². The van der Waals surface area contributed by atoms with Gasteiger partial charge in [-0.05, 0) is 13.8 Å². The predicted octanol–water partition coefficient (Wildman–Crippen LogP) is 1.42. The van der Waals surface area contributed by atoms with E-state index in [1.807, 2.05) is 13.8 Å². The number of fused-ring (bicyclic) bond motifs is 1. The lowest BCUT2D eigenvalue weighted by Crippen LogP contribution is -2.13. The molecule has 0 aliphatic heterocycles. The third-order valence-corrected chi connectivity index (χ3v) is 3.01. The topological polar surface area (TPSA) is 89.3 Å². The van der Waals surface area contributed by atoms with Crippen LogP contribution in [0.2, 0.25) is 0 Å². The third-order valence-electron chi connectivity index (χ3n) is 3.01. The van der Waals surface area contributed by atoms with Crippen molar-refractivity contribution in [3.8, 4) is 0 Å². The fourth-order valence-corrected chi connectivity index (χ4v) is 2.15. The van der Waals surface area contributed by atoms with Crippen LogP contribution in [0.5, 0.6) is 0 Å². The summed E-state index contributed by atoms with van der Waals surface area (Å²) in [7, 11) is 1.78. The van der Waals surface area contributed by atoms with E-state index in [-0.39, 0.29) is 5.56 Å².